The van der Waals surface area contributed by atoms with Gasteiger partial charge in [0.15, 0.2) is 0 Å². The zero-order chi connectivity index (χ0) is 36.8. The van der Waals surface area contributed by atoms with Gasteiger partial charge in [0.2, 0.25) is 17.7 Å². The van der Waals surface area contributed by atoms with Crippen LogP contribution in [0.2, 0.25) is 0 Å². The summed E-state index contributed by atoms with van der Waals surface area (Å²) < 4.78 is 34.6. The van der Waals surface area contributed by atoms with E-state index in [4.69, 9.17) is 18.5 Å². The molecule has 0 aliphatic carbocycles. The second kappa shape index (κ2) is 24.2. The Morgan fingerprint density at radius 1 is 0.940 bits per heavy atom. The largest absolute Gasteiger partial charge is 0.491 e. The van der Waals surface area contributed by atoms with Crippen LogP contribution < -0.4 is 10.1 Å². The first-order valence-electron chi connectivity index (χ1n) is 18.3. The van der Waals surface area contributed by atoms with Crippen LogP contribution in [0.25, 0.3) is 0 Å². The molecule has 1 saturated heterocycles. The third-order valence-corrected chi connectivity index (χ3v) is 10.4. The zero-order valence-corrected chi connectivity index (χ0v) is 31.5. The standard InChI is InChI=1S/C36H60N3O10P/c1-5-8-9-10-11-12-13-14-15-16-17-29-18-19-31(36(43)44)32(24-29)47-27-30(25-34(41)39-20-22-46-23-21-39)37-33(40)26-38(4)35(42)28-50(45,48-6-2)49-7-3/h18-19,24,30H,5-17,20-23,25-28H2,1-4H3,(H,37,40)(H,43,44). The van der Waals surface area contributed by atoms with Crippen molar-refractivity contribution in [1.29, 1.82) is 0 Å². The summed E-state index contributed by atoms with van der Waals surface area (Å²) in [6.45, 7) is 6.80. The first-order valence-corrected chi connectivity index (χ1v) is 20.0. The molecule has 2 N–H and O–H groups in total. The topological polar surface area (TPSA) is 161 Å². The molecule has 1 heterocycles. The smallest absolute Gasteiger partial charge is 0.340 e. The Morgan fingerprint density at radius 3 is 2.12 bits per heavy atom. The monoisotopic (exact) mass is 725 g/mol. The second-order valence-electron chi connectivity index (χ2n) is 12.7. The fourth-order valence-electron chi connectivity index (χ4n) is 5.71. The molecule has 1 unspecified atom stereocenters. The van der Waals surface area contributed by atoms with Crippen molar-refractivity contribution in [2.75, 3.05) is 65.9 Å². The number of carboxylic acids is 1. The molecule has 3 amide bonds. The van der Waals surface area contributed by atoms with Crippen LogP contribution in [0.4, 0.5) is 0 Å². The Labute approximate surface area is 298 Å². The van der Waals surface area contributed by atoms with Gasteiger partial charge >= 0.3 is 13.6 Å². The second-order valence-corrected chi connectivity index (χ2v) is 14.7. The number of amides is 3. The summed E-state index contributed by atoms with van der Waals surface area (Å²) in [5.74, 6) is -2.37. The Hall–Kier alpha value is -2.99. The van der Waals surface area contributed by atoms with Gasteiger partial charge in [-0.3, -0.25) is 18.9 Å². The Balaban J connectivity index is 2.04. The van der Waals surface area contributed by atoms with Gasteiger partial charge in [0.25, 0.3) is 0 Å². The molecular formula is C36H60N3O10P. The number of hydrogen-bond acceptors (Lipinski definition) is 9. The van der Waals surface area contributed by atoms with Gasteiger partial charge in [-0.05, 0) is 44.4 Å². The molecule has 0 aromatic heterocycles. The van der Waals surface area contributed by atoms with Gasteiger partial charge in [-0.1, -0.05) is 70.8 Å². The van der Waals surface area contributed by atoms with E-state index in [1.807, 2.05) is 0 Å². The van der Waals surface area contributed by atoms with E-state index < -0.39 is 37.6 Å². The minimum absolute atomic E-state index is 0.0141. The van der Waals surface area contributed by atoms with Crippen LogP contribution in [-0.4, -0.2) is 111 Å². The van der Waals surface area contributed by atoms with Crippen molar-refractivity contribution in [2.24, 2.45) is 0 Å². The van der Waals surface area contributed by atoms with Gasteiger partial charge in [-0.15, -0.1) is 0 Å². The summed E-state index contributed by atoms with van der Waals surface area (Å²) in [7, 11) is -2.27. The lowest BCUT2D eigenvalue weighted by Crippen LogP contribution is -2.49. The number of unbranched alkanes of at least 4 members (excludes halogenated alkanes) is 9. The third-order valence-electron chi connectivity index (χ3n) is 8.47. The average Bonchev–Trinajstić information content (AvgIpc) is 3.08. The van der Waals surface area contributed by atoms with Crippen molar-refractivity contribution < 1.29 is 47.4 Å². The number of hydrogen-bond donors (Lipinski definition) is 2. The molecule has 1 aromatic carbocycles. The Kier molecular flexibility index (Phi) is 20.9. The molecule has 2 rings (SSSR count). The van der Waals surface area contributed by atoms with E-state index in [0.29, 0.717) is 26.3 Å². The van der Waals surface area contributed by atoms with Gasteiger partial charge in [0.1, 0.15) is 24.1 Å². The predicted octanol–water partition coefficient (Wildman–Crippen LogP) is 5.69. The van der Waals surface area contributed by atoms with Crippen molar-refractivity contribution in [1.82, 2.24) is 15.1 Å². The van der Waals surface area contributed by atoms with Gasteiger partial charge in [-0.2, -0.15) is 0 Å². The Morgan fingerprint density at radius 2 is 1.54 bits per heavy atom. The normalized spacial score (nSPS) is 13.9. The van der Waals surface area contributed by atoms with Gasteiger partial charge in [-0.25, -0.2) is 4.79 Å². The van der Waals surface area contributed by atoms with Gasteiger partial charge in [0, 0.05) is 20.1 Å². The van der Waals surface area contributed by atoms with E-state index in [2.05, 4.69) is 12.2 Å². The number of ether oxygens (including phenoxy) is 2. The van der Waals surface area contributed by atoms with Crippen LogP contribution in [-0.2, 0) is 39.2 Å². The number of nitrogens with one attached hydrogen (secondary N) is 1. The highest BCUT2D eigenvalue weighted by Crippen LogP contribution is 2.47. The van der Waals surface area contributed by atoms with E-state index >= 15 is 0 Å². The molecule has 14 heteroatoms. The summed E-state index contributed by atoms with van der Waals surface area (Å²) in [5.41, 5.74) is 0.936. The quantitative estimate of drug-likeness (QED) is 0.0898. The molecule has 13 nitrogen and oxygen atoms in total. The number of morpholine rings is 1. The molecule has 1 aromatic rings. The van der Waals surface area contributed by atoms with Crippen molar-refractivity contribution in [3.63, 3.8) is 0 Å². The van der Waals surface area contributed by atoms with Crippen molar-refractivity contribution >= 4 is 31.3 Å². The van der Waals surface area contributed by atoms with E-state index in [1.54, 1.807) is 30.9 Å². The number of carboxylic acid groups (broad SMARTS) is 1. The van der Waals surface area contributed by atoms with Crippen LogP contribution in [0.1, 0.15) is 107 Å². The minimum Gasteiger partial charge on any atom is -0.491 e. The maximum atomic E-state index is 13.2. The van der Waals surface area contributed by atoms with Crippen LogP contribution in [0.15, 0.2) is 18.2 Å². The lowest BCUT2D eigenvalue weighted by atomic mass is 10.0. The molecule has 0 bridgehead atoms. The first-order chi connectivity index (χ1) is 24.0. The molecule has 1 atom stereocenters. The molecule has 0 spiro atoms. The van der Waals surface area contributed by atoms with E-state index in [0.717, 1.165) is 29.7 Å². The molecule has 1 fully saturated rings. The maximum Gasteiger partial charge on any atom is 0.340 e. The lowest BCUT2D eigenvalue weighted by Gasteiger charge is -2.29. The van der Waals surface area contributed by atoms with Crippen molar-refractivity contribution in [3.8, 4) is 5.75 Å². The van der Waals surface area contributed by atoms with E-state index in [1.165, 1.54) is 64.5 Å². The number of aromatic carboxylic acids is 1. The lowest BCUT2D eigenvalue weighted by molar-refractivity contribution is -0.137. The third kappa shape index (κ3) is 16.8. The number of likely N-dealkylation sites (N-methyl/N-ethyl adjacent to an activating group) is 1. The summed E-state index contributed by atoms with van der Waals surface area (Å²) in [6.07, 6.45) is 12.4. The number of nitrogens with zero attached hydrogens (tertiary/aromatic N) is 2. The highest BCUT2D eigenvalue weighted by Gasteiger charge is 2.30. The molecule has 1 aliphatic heterocycles. The molecule has 1 aliphatic rings. The van der Waals surface area contributed by atoms with Crippen LogP contribution in [0, 0.1) is 0 Å². The SMILES string of the molecule is CCCCCCCCCCCCc1ccc(C(=O)O)c(OCC(CC(=O)N2CCOCC2)NC(=O)CN(C)C(=O)CP(=O)(OCC)OCC)c1. The number of carbonyl (C=O) groups is 4. The highest BCUT2D eigenvalue weighted by atomic mass is 31.2. The van der Waals surface area contributed by atoms with Gasteiger partial charge in [0.05, 0.1) is 45.4 Å². The van der Waals surface area contributed by atoms with Crippen LogP contribution in [0.3, 0.4) is 0 Å². The number of carbonyl (C=O) groups excluding carboxylic acids is 3. The molecule has 0 saturated carbocycles. The number of benzene rings is 1. The highest BCUT2D eigenvalue weighted by molar-refractivity contribution is 7.54. The fraction of sp³-hybridized carbons (Fsp3) is 0.722. The minimum atomic E-state index is -3.67. The zero-order valence-electron chi connectivity index (χ0n) is 30.6. The summed E-state index contributed by atoms with van der Waals surface area (Å²) >= 11 is 0. The average molecular weight is 726 g/mol. The fourth-order valence-corrected chi connectivity index (χ4v) is 7.33. The molecule has 50 heavy (non-hydrogen) atoms. The van der Waals surface area contributed by atoms with E-state index in [-0.39, 0.29) is 50.0 Å². The number of aryl methyl sites for hydroxylation is 1. The molecule has 284 valence electrons. The van der Waals surface area contributed by atoms with E-state index in [9.17, 15) is 28.8 Å². The van der Waals surface area contributed by atoms with Crippen LogP contribution in [0.5, 0.6) is 5.75 Å². The molecular weight excluding hydrogens is 665 g/mol. The first kappa shape index (κ1) is 43.2. The van der Waals surface area contributed by atoms with Crippen molar-refractivity contribution in [3.05, 3.63) is 29.3 Å². The summed E-state index contributed by atoms with van der Waals surface area (Å²) in [5, 5.41) is 12.6. The summed E-state index contributed by atoms with van der Waals surface area (Å²) in [6, 6.07) is 4.22. The Bertz CT molecular complexity index is 1230. The molecule has 0 radical (unpaired) electrons. The number of rotatable bonds is 26. The van der Waals surface area contributed by atoms with Crippen LogP contribution >= 0.6 is 7.60 Å². The predicted molar refractivity (Wildman–Crippen MR) is 192 cm³/mol. The maximum absolute atomic E-state index is 13.2. The van der Waals surface area contributed by atoms with Gasteiger partial charge < -0.3 is 38.7 Å². The summed E-state index contributed by atoms with van der Waals surface area (Å²) in [4.78, 5) is 53.9. The van der Waals surface area contributed by atoms with Crippen molar-refractivity contribution in [2.45, 2.75) is 104 Å².